The molecule has 0 atom stereocenters. The number of sulfonamides is 1. The van der Waals surface area contributed by atoms with Crippen LogP contribution in [0.5, 0.6) is 0 Å². The third-order valence-corrected chi connectivity index (χ3v) is 3.74. The minimum atomic E-state index is -3.46. The van der Waals surface area contributed by atoms with Crippen LogP contribution in [0.1, 0.15) is 15.9 Å². The Morgan fingerprint density at radius 3 is 2.46 bits per heavy atom. The minimum absolute atomic E-state index is 0.252. The van der Waals surface area contributed by atoms with Gasteiger partial charge in [0.2, 0.25) is 10.0 Å². The fraction of sp³-hybridized carbons (Fsp3) is 0.235. The molecule has 2 N–H and O–H groups in total. The highest BCUT2D eigenvalue weighted by molar-refractivity contribution is 7.92. The molecule has 0 aliphatic heterocycles. The van der Waals surface area contributed by atoms with E-state index in [9.17, 15) is 13.2 Å². The van der Waals surface area contributed by atoms with Gasteiger partial charge >= 0.3 is 0 Å². The van der Waals surface area contributed by atoms with E-state index in [0.717, 1.165) is 18.4 Å². The van der Waals surface area contributed by atoms with Crippen molar-refractivity contribution in [2.75, 3.05) is 30.4 Å². The average Bonchev–Trinajstić information content (AvgIpc) is 2.45. The van der Waals surface area contributed by atoms with Gasteiger partial charge in [-0.2, -0.15) is 0 Å². The summed E-state index contributed by atoms with van der Waals surface area (Å²) in [4.78, 5) is 14.5. The van der Waals surface area contributed by atoms with E-state index in [1.54, 1.807) is 30.3 Å². The molecule has 2 rings (SSSR count). The molecule has 6 nitrogen and oxygen atoms in total. The van der Waals surface area contributed by atoms with Gasteiger partial charge in [-0.25, -0.2) is 8.42 Å². The molecule has 0 aliphatic carbocycles. The molecule has 0 spiro atoms. The zero-order chi connectivity index (χ0) is 17.7. The van der Waals surface area contributed by atoms with Gasteiger partial charge in [0.1, 0.15) is 0 Å². The van der Waals surface area contributed by atoms with Crippen molar-refractivity contribution in [2.45, 2.75) is 6.54 Å². The first kappa shape index (κ1) is 18.0. The summed E-state index contributed by atoms with van der Waals surface area (Å²) in [6, 6.07) is 14.0. The fourth-order valence-electron chi connectivity index (χ4n) is 2.28. The lowest BCUT2D eigenvalue weighted by atomic mass is 10.1. The molecule has 2 aromatic carbocycles. The Balaban J connectivity index is 2.22. The minimum Gasteiger partial charge on any atom is -0.322 e. The lowest BCUT2D eigenvalue weighted by Crippen LogP contribution is -2.17. The number of anilines is 2. The third-order valence-electron chi connectivity index (χ3n) is 3.15. The zero-order valence-corrected chi connectivity index (χ0v) is 14.7. The number of nitrogens with zero attached hydrogens (tertiary/aromatic N) is 1. The van der Waals surface area contributed by atoms with Crippen LogP contribution in [0.4, 0.5) is 11.4 Å². The van der Waals surface area contributed by atoms with Crippen molar-refractivity contribution in [3.63, 3.8) is 0 Å². The maximum atomic E-state index is 12.5. The van der Waals surface area contributed by atoms with Crippen LogP contribution in [0.2, 0.25) is 0 Å². The van der Waals surface area contributed by atoms with Gasteiger partial charge in [-0.15, -0.1) is 0 Å². The summed E-state index contributed by atoms with van der Waals surface area (Å²) in [5.74, 6) is -0.372. The molecule has 1 amide bonds. The van der Waals surface area contributed by atoms with E-state index in [1.165, 1.54) is 0 Å². The van der Waals surface area contributed by atoms with Gasteiger partial charge in [-0.3, -0.25) is 9.52 Å². The van der Waals surface area contributed by atoms with Gasteiger partial charge in [0, 0.05) is 12.2 Å². The molecule has 0 bridgehead atoms. The van der Waals surface area contributed by atoms with Crippen molar-refractivity contribution < 1.29 is 13.2 Å². The second kappa shape index (κ2) is 7.46. The van der Waals surface area contributed by atoms with Crippen LogP contribution in [0.3, 0.4) is 0 Å². The predicted molar refractivity (Wildman–Crippen MR) is 96.7 cm³/mol. The standard InChI is InChI=1S/C17H21N3O3S/c1-20(2)12-13-7-6-8-14(11-13)18-17(21)15-9-4-5-10-16(15)19-24(3,22)23/h4-11,19H,12H2,1-3H3,(H,18,21). The number of nitrogens with one attached hydrogen (secondary N) is 2. The fourth-order valence-corrected chi connectivity index (χ4v) is 2.86. The lowest BCUT2D eigenvalue weighted by Gasteiger charge is -2.13. The van der Waals surface area contributed by atoms with E-state index in [-0.39, 0.29) is 17.2 Å². The molecular weight excluding hydrogens is 326 g/mol. The van der Waals surface area contributed by atoms with Crippen LogP contribution in [0.25, 0.3) is 0 Å². The Morgan fingerprint density at radius 2 is 1.79 bits per heavy atom. The summed E-state index contributed by atoms with van der Waals surface area (Å²) in [6.07, 6.45) is 1.05. The first-order valence-corrected chi connectivity index (χ1v) is 9.25. The van der Waals surface area contributed by atoms with Crippen LogP contribution < -0.4 is 10.0 Å². The van der Waals surface area contributed by atoms with Gasteiger partial charge in [0.25, 0.3) is 5.91 Å². The van der Waals surface area contributed by atoms with E-state index < -0.39 is 10.0 Å². The number of hydrogen-bond acceptors (Lipinski definition) is 4. The van der Waals surface area contributed by atoms with Crippen LogP contribution in [-0.2, 0) is 16.6 Å². The Bertz CT molecular complexity index is 832. The number of benzene rings is 2. The van der Waals surface area contributed by atoms with Crippen molar-refractivity contribution in [2.24, 2.45) is 0 Å². The van der Waals surface area contributed by atoms with Crippen LogP contribution >= 0.6 is 0 Å². The first-order chi connectivity index (χ1) is 11.2. The molecule has 128 valence electrons. The van der Waals surface area contributed by atoms with Crippen molar-refractivity contribution in [1.29, 1.82) is 0 Å². The molecule has 0 aliphatic rings. The summed E-state index contributed by atoms with van der Waals surface area (Å²) in [5, 5.41) is 2.81. The Hall–Kier alpha value is -2.38. The maximum Gasteiger partial charge on any atom is 0.257 e. The van der Waals surface area contributed by atoms with E-state index in [0.29, 0.717) is 5.69 Å². The molecular formula is C17H21N3O3S. The van der Waals surface area contributed by atoms with E-state index >= 15 is 0 Å². The zero-order valence-electron chi connectivity index (χ0n) is 13.9. The summed E-state index contributed by atoms with van der Waals surface area (Å²) in [7, 11) is 0.479. The summed E-state index contributed by atoms with van der Waals surface area (Å²) >= 11 is 0. The number of amides is 1. The summed E-state index contributed by atoms with van der Waals surface area (Å²) in [6.45, 7) is 0.760. The largest absolute Gasteiger partial charge is 0.322 e. The van der Waals surface area contributed by atoms with Crippen LogP contribution in [0.15, 0.2) is 48.5 Å². The molecule has 0 aromatic heterocycles. The lowest BCUT2D eigenvalue weighted by molar-refractivity contribution is 0.102. The van der Waals surface area contributed by atoms with Crippen molar-refractivity contribution >= 4 is 27.3 Å². The average molecular weight is 347 g/mol. The van der Waals surface area contributed by atoms with E-state index in [2.05, 4.69) is 10.0 Å². The van der Waals surface area contributed by atoms with Crippen molar-refractivity contribution in [3.8, 4) is 0 Å². The number of para-hydroxylation sites is 1. The maximum absolute atomic E-state index is 12.5. The van der Waals surface area contributed by atoms with Crippen LogP contribution in [-0.4, -0.2) is 39.6 Å². The highest BCUT2D eigenvalue weighted by Crippen LogP contribution is 2.19. The molecule has 0 heterocycles. The van der Waals surface area contributed by atoms with Crippen molar-refractivity contribution in [3.05, 3.63) is 59.7 Å². The predicted octanol–water partition coefficient (Wildman–Crippen LogP) is 2.37. The topological polar surface area (TPSA) is 78.5 Å². The second-order valence-electron chi connectivity index (χ2n) is 5.81. The van der Waals surface area contributed by atoms with Gasteiger partial charge in [0.05, 0.1) is 17.5 Å². The molecule has 0 unspecified atom stereocenters. The number of carbonyl (C=O) groups is 1. The summed E-state index contributed by atoms with van der Waals surface area (Å²) < 4.78 is 25.2. The molecule has 0 saturated carbocycles. The first-order valence-electron chi connectivity index (χ1n) is 7.36. The molecule has 2 aromatic rings. The molecule has 24 heavy (non-hydrogen) atoms. The van der Waals surface area contributed by atoms with Gasteiger partial charge in [-0.1, -0.05) is 24.3 Å². The molecule has 0 fully saturated rings. The molecule has 0 radical (unpaired) electrons. The normalized spacial score (nSPS) is 11.3. The number of carbonyl (C=O) groups excluding carboxylic acids is 1. The number of rotatable bonds is 6. The van der Waals surface area contributed by atoms with Gasteiger partial charge < -0.3 is 10.2 Å². The highest BCUT2D eigenvalue weighted by atomic mass is 32.2. The Kier molecular flexibility index (Phi) is 5.58. The molecule has 7 heteroatoms. The van der Waals surface area contributed by atoms with Crippen LogP contribution in [0, 0.1) is 0 Å². The summed E-state index contributed by atoms with van der Waals surface area (Å²) in [5.41, 5.74) is 2.25. The van der Waals surface area contributed by atoms with E-state index in [1.807, 2.05) is 37.2 Å². The Morgan fingerprint density at radius 1 is 1.08 bits per heavy atom. The van der Waals surface area contributed by atoms with Gasteiger partial charge in [0.15, 0.2) is 0 Å². The SMILES string of the molecule is CN(C)Cc1cccc(NC(=O)c2ccccc2NS(C)(=O)=O)c1. The number of hydrogen-bond donors (Lipinski definition) is 2. The second-order valence-corrected chi connectivity index (χ2v) is 7.56. The quantitative estimate of drug-likeness (QED) is 0.841. The van der Waals surface area contributed by atoms with Crippen molar-refractivity contribution in [1.82, 2.24) is 4.90 Å². The monoisotopic (exact) mass is 347 g/mol. The van der Waals surface area contributed by atoms with Gasteiger partial charge in [-0.05, 0) is 43.9 Å². The Labute approximate surface area is 142 Å². The third kappa shape index (κ3) is 5.36. The highest BCUT2D eigenvalue weighted by Gasteiger charge is 2.14. The van der Waals surface area contributed by atoms with E-state index in [4.69, 9.17) is 0 Å². The molecule has 0 saturated heterocycles. The smallest absolute Gasteiger partial charge is 0.257 e.